The standard InChI is InChI=1S/C18H18BrNO6/c1-24-14-9-12(19)8-13(16(14)25-2)15(17(21)22)20-18(23)26-10-11-6-4-3-5-7-11/h3-9,15H,10H2,1-2H3,(H,20,23)(H,21,22)/t15-/m0/s1. The van der Waals surface area contributed by atoms with Crippen LogP contribution >= 0.6 is 15.9 Å². The van der Waals surface area contributed by atoms with E-state index in [1.165, 1.54) is 20.3 Å². The number of carboxylic acids is 1. The largest absolute Gasteiger partial charge is 0.493 e. The minimum absolute atomic E-state index is 0.0257. The molecule has 0 aromatic heterocycles. The highest BCUT2D eigenvalue weighted by Gasteiger charge is 2.28. The number of carbonyl (C=O) groups is 2. The summed E-state index contributed by atoms with van der Waals surface area (Å²) in [6.07, 6.45) is -0.859. The van der Waals surface area contributed by atoms with Crippen LogP contribution in [0.5, 0.6) is 11.5 Å². The van der Waals surface area contributed by atoms with Gasteiger partial charge >= 0.3 is 12.1 Å². The van der Waals surface area contributed by atoms with Crippen LogP contribution < -0.4 is 14.8 Å². The smallest absolute Gasteiger partial charge is 0.408 e. The SMILES string of the molecule is COc1cc(Br)cc([C@H](NC(=O)OCc2ccccc2)C(=O)O)c1OC. The van der Waals surface area contributed by atoms with Crippen LogP contribution in [-0.4, -0.2) is 31.4 Å². The van der Waals surface area contributed by atoms with Crippen molar-refractivity contribution < 1.29 is 28.9 Å². The molecule has 0 radical (unpaired) electrons. The van der Waals surface area contributed by atoms with Crippen molar-refractivity contribution in [3.8, 4) is 11.5 Å². The van der Waals surface area contributed by atoms with Crippen molar-refractivity contribution in [2.75, 3.05) is 14.2 Å². The monoisotopic (exact) mass is 423 g/mol. The van der Waals surface area contributed by atoms with Crippen LogP contribution in [0.1, 0.15) is 17.2 Å². The molecule has 0 saturated heterocycles. The molecule has 0 aliphatic heterocycles. The lowest BCUT2D eigenvalue weighted by Gasteiger charge is -2.19. The first kappa shape index (κ1) is 19.6. The van der Waals surface area contributed by atoms with Crippen LogP contribution in [0.15, 0.2) is 46.9 Å². The highest BCUT2D eigenvalue weighted by molar-refractivity contribution is 9.10. The fourth-order valence-corrected chi connectivity index (χ4v) is 2.78. The van der Waals surface area contributed by atoms with Crippen LogP contribution in [0.2, 0.25) is 0 Å². The molecule has 0 bridgehead atoms. The number of hydrogen-bond acceptors (Lipinski definition) is 5. The number of rotatable bonds is 7. The lowest BCUT2D eigenvalue weighted by Crippen LogP contribution is -2.34. The number of carboxylic acid groups (broad SMARTS) is 1. The van der Waals surface area contributed by atoms with E-state index in [1.807, 2.05) is 18.2 Å². The van der Waals surface area contributed by atoms with Crippen molar-refractivity contribution in [1.82, 2.24) is 5.32 Å². The highest BCUT2D eigenvalue weighted by Crippen LogP contribution is 2.38. The molecule has 7 nitrogen and oxygen atoms in total. The average molecular weight is 424 g/mol. The third-order valence-electron chi connectivity index (χ3n) is 3.51. The van der Waals surface area contributed by atoms with Gasteiger partial charge in [0.25, 0.3) is 0 Å². The van der Waals surface area contributed by atoms with Gasteiger partial charge in [0.05, 0.1) is 14.2 Å². The fraction of sp³-hybridized carbons (Fsp3) is 0.222. The van der Waals surface area contributed by atoms with E-state index < -0.39 is 18.1 Å². The number of aliphatic carboxylic acids is 1. The molecule has 26 heavy (non-hydrogen) atoms. The van der Waals surface area contributed by atoms with Crippen molar-refractivity contribution in [1.29, 1.82) is 0 Å². The summed E-state index contributed by atoms with van der Waals surface area (Å²) in [5.74, 6) is -0.714. The molecule has 2 aromatic rings. The number of ether oxygens (including phenoxy) is 3. The minimum atomic E-state index is -1.38. The molecular formula is C18H18BrNO6. The Balaban J connectivity index is 2.20. The molecule has 8 heteroatoms. The van der Waals surface area contributed by atoms with Crippen LogP contribution in [-0.2, 0) is 16.1 Å². The number of amides is 1. The van der Waals surface area contributed by atoms with E-state index in [-0.39, 0.29) is 17.9 Å². The lowest BCUT2D eigenvalue weighted by atomic mass is 10.1. The molecule has 1 atom stereocenters. The lowest BCUT2D eigenvalue weighted by molar-refractivity contribution is -0.139. The molecule has 2 N–H and O–H groups in total. The first-order valence-electron chi connectivity index (χ1n) is 7.57. The van der Waals surface area contributed by atoms with Crippen LogP contribution in [0.3, 0.4) is 0 Å². The van der Waals surface area contributed by atoms with Crippen molar-refractivity contribution >= 4 is 28.0 Å². The van der Waals surface area contributed by atoms with Crippen LogP contribution in [0.4, 0.5) is 4.79 Å². The molecular weight excluding hydrogens is 406 g/mol. The molecule has 0 unspecified atom stereocenters. The third-order valence-corrected chi connectivity index (χ3v) is 3.96. The number of carbonyl (C=O) groups excluding carboxylic acids is 1. The maximum absolute atomic E-state index is 12.1. The summed E-state index contributed by atoms with van der Waals surface area (Å²) >= 11 is 3.29. The van der Waals surface area contributed by atoms with Gasteiger partial charge in [-0.2, -0.15) is 0 Å². The van der Waals surface area contributed by atoms with Crippen molar-refractivity contribution in [2.45, 2.75) is 12.6 Å². The summed E-state index contributed by atoms with van der Waals surface area (Å²) in [6, 6.07) is 10.9. The van der Waals surface area contributed by atoms with E-state index in [2.05, 4.69) is 21.2 Å². The van der Waals surface area contributed by atoms with E-state index in [0.717, 1.165) is 5.56 Å². The Labute approximate surface area is 159 Å². The maximum Gasteiger partial charge on any atom is 0.408 e. The second-order valence-corrected chi connectivity index (χ2v) is 6.12. The summed E-state index contributed by atoms with van der Waals surface area (Å²) in [5.41, 5.74) is 1.01. The zero-order valence-electron chi connectivity index (χ0n) is 14.2. The van der Waals surface area contributed by atoms with Gasteiger partial charge in [0, 0.05) is 10.0 Å². The highest BCUT2D eigenvalue weighted by atomic mass is 79.9. The molecule has 0 aliphatic rings. The molecule has 0 aliphatic carbocycles. The van der Waals surface area contributed by atoms with Crippen LogP contribution in [0.25, 0.3) is 0 Å². The number of hydrogen-bond donors (Lipinski definition) is 2. The van der Waals surface area contributed by atoms with E-state index in [1.54, 1.807) is 18.2 Å². The third kappa shape index (κ3) is 4.89. The van der Waals surface area contributed by atoms with Crippen molar-refractivity contribution in [2.24, 2.45) is 0 Å². The Hall–Kier alpha value is -2.74. The van der Waals surface area contributed by atoms with E-state index >= 15 is 0 Å². The molecule has 1 amide bonds. The minimum Gasteiger partial charge on any atom is -0.493 e. The Morgan fingerprint density at radius 3 is 2.42 bits per heavy atom. The number of benzene rings is 2. The summed E-state index contributed by atoms with van der Waals surface area (Å²) in [7, 11) is 2.83. The number of nitrogens with one attached hydrogen (secondary N) is 1. The molecule has 138 valence electrons. The van der Waals surface area contributed by atoms with Crippen molar-refractivity contribution in [3.63, 3.8) is 0 Å². The Morgan fingerprint density at radius 2 is 1.85 bits per heavy atom. The van der Waals surface area contributed by atoms with Gasteiger partial charge in [-0.15, -0.1) is 0 Å². The van der Waals surface area contributed by atoms with Gasteiger partial charge < -0.3 is 24.6 Å². The van der Waals surface area contributed by atoms with Gasteiger partial charge in [0.1, 0.15) is 6.61 Å². The first-order chi connectivity index (χ1) is 12.5. The second-order valence-electron chi connectivity index (χ2n) is 5.21. The second kappa shape index (κ2) is 9.10. The quantitative estimate of drug-likeness (QED) is 0.707. The van der Waals surface area contributed by atoms with E-state index in [9.17, 15) is 14.7 Å². The molecule has 2 aromatic carbocycles. The van der Waals surface area contributed by atoms with Gasteiger partial charge in [-0.1, -0.05) is 46.3 Å². The molecule has 0 spiro atoms. The Kier molecular flexibility index (Phi) is 6.85. The molecule has 2 rings (SSSR count). The summed E-state index contributed by atoms with van der Waals surface area (Å²) in [5, 5.41) is 11.9. The number of alkyl carbamates (subject to hydrolysis) is 1. The molecule has 0 saturated carbocycles. The van der Waals surface area contributed by atoms with Gasteiger partial charge in [-0.05, 0) is 17.7 Å². The molecule has 0 fully saturated rings. The first-order valence-corrected chi connectivity index (χ1v) is 8.37. The van der Waals surface area contributed by atoms with Crippen LogP contribution in [0, 0.1) is 0 Å². The van der Waals surface area contributed by atoms with Gasteiger partial charge in [-0.25, -0.2) is 9.59 Å². The van der Waals surface area contributed by atoms with Gasteiger partial charge in [0.15, 0.2) is 17.5 Å². The van der Waals surface area contributed by atoms with Gasteiger partial charge in [0.2, 0.25) is 0 Å². The molecule has 0 heterocycles. The fourth-order valence-electron chi connectivity index (χ4n) is 2.33. The zero-order valence-corrected chi connectivity index (χ0v) is 15.8. The summed E-state index contributed by atoms with van der Waals surface area (Å²) in [4.78, 5) is 23.8. The van der Waals surface area contributed by atoms with Gasteiger partial charge in [-0.3, -0.25) is 0 Å². The van der Waals surface area contributed by atoms with E-state index in [4.69, 9.17) is 14.2 Å². The predicted molar refractivity (Wildman–Crippen MR) is 97.4 cm³/mol. The normalized spacial score (nSPS) is 11.3. The average Bonchev–Trinajstić information content (AvgIpc) is 2.64. The maximum atomic E-state index is 12.1. The Bertz CT molecular complexity index is 781. The Morgan fingerprint density at radius 1 is 1.15 bits per heavy atom. The summed E-state index contributed by atoms with van der Waals surface area (Å²) in [6.45, 7) is 0.0257. The topological polar surface area (TPSA) is 94.1 Å². The number of halogens is 1. The number of methoxy groups -OCH3 is 2. The van der Waals surface area contributed by atoms with Crippen molar-refractivity contribution in [3.05, 3.63) is 58.1 Å². The van der Waals surface area contributed by atoms with E-state index in [0.29, 0.717) is 10.2 Å². The summed E-state index contributed by atoms with van der Waals surface area (Å²) < 4.78 is 16.1. The predicted octanol–water partition coefficient (Wildman–Crippen LogP) is 3.52. The zero-order chi connectivity index (χ0) is 19.1.